The standard InChI is InChI=1S/C19H27NO3/c1-5-9-17(18(21)23-7-3)19(14-20,12-6-2)15-10-8-11-16(13-15)22-4/h8,10-11,13,17H,5-7,9,12H2,1-4H3/t17-,19-/m1/s1. The molecule has 0 N–H and O–H groups in total. The molecule has 0 amide bonds. The number of ether oxygens (including phenoxy) is 2. The number of carbonyl (C=O) groups excluding carboxylic acids is 1. The first-order chi connectivity index (χ1) is 11.1. The minimum atomic E-state index is -0.883. The number of nitrogens with zero attached hydrogens (tertiary/aromatic N) is 1. The molecule has 126 valence electrons. The Balaban J connectivity index is 3.43. The van der Waals surface area contributed by atoms with Crippen LogP contribution >= 0.6 is 0 Å². The molecule has 0 aliphatic carbocycles. The van der Waals surface area contributed by atoms with Crippen molar-refractivity contribution < 1.29 is 14.3 Å². The van der Waals surface area contributed by atoms with Gasteiger partial charge in [0.15, 0.2) is 0 Å². The molecule has 23 heavy (non-hydrogen) atoms. The van der Waals surface area contributed by atoms with Gasteiger partial charge in [-0.05, 0) is 37.5 Å². The Morgan fingerprint density at radius 3 is 2.57 bits per heavy atom. The van der Waals surface area contributed by atoms with E-state index in [4.69, 9.17) is 9.47 Å². The largest absolute Gasteiger partial charge is 0.497 e. The molecule has 4 nitrogen and oxygen atoms in total. The summed E-state index contributed by atoms with van der Waals surface area (Å²) in [5.41, 5.74) is -0.0568. The topological polar surface area (TPSA) is 59.3 Å². The third kappa shape index (κ3) is 4.25. The van der Waals surface area contributed by atoms with E-state index in [1.165, 1.54) is 0 Å². The fourth-order valence-electron chi connectivity index (χ4n) is 3.11. The second kappa shape index (κ2) is 9.19. The third-order valence-corrected chi connectivity index (χ3v) is 4.17. The van der Waals surface area contributed by atoms with Crippen LogP contribution in [-0.4, -0.2) is 19.7 Å². The second-order valence-corrected chi connectivity index (χ2v) is 5.66. The molecule has 0 saturated heterocycles. The molecule has 0 heterocycles. The number of esters is 1. The van der Waals surface area contributed by atoms with E-state index in [-0.39, 0.29) is 5.97 Å². The number of rotatable bonds is 9. The minimum absolute atomic E-state index is 0.285. The molecule has 1 rings (SSSR count). The van der Waals surface area contributed by atoms with E-state index in [1.54, 1.807) is 14.0 Å². The highest BCUT2D eigenvalue weighted by Gasteiger charge is 2.44. The average Bonchev–Trinajstić information content (AvgIpc) is 2.58. The Bertz CT molecular complexity index is 550. The summed E-state index contributed by atoms with van der Waals surface area (Å²) < 4.78 is 10.6. The van der Waals surface area contributed by atoms with Crippen LogP contribution < -0.4 is 4.74 Å². The van der Waals surface area contributed by atoms with E-state index in [9.17, 15) is 10.1 Å². The first kappa shape index (κ1) is 19.0. The van der Waals surface area contributed by atoms with Crippen LogP contribution in [0.15, 0.2) is 24.3 Å². The molecule has 0 bridgehead atoms. The molecule has 0 aromatic heterocycles. The van der Waals surface area contributed by atoms with E-state index in [2.05, 4.69) is 6.07 Å². The van der Waals surface area contributed by atoms with Crippen molar-refractivity contribution in [3.05, 3.63) is 29.8 Å². The summed E-state index contributed by atoms with van der Waals surface area (Å²) in [6, 6.07) is 9.93. The molecule has 0 aliphatic heterocycles. The summed E-state index contributed by atoms with van der Waals surface area (Å²) in [6.45, 7) is 6.16. The van der Waals surface area contributed by atoms with Gasteiger partial charge < -0.3 is 9.47 Å². The molecule has 0 spiro atoms. The molecule has 2 atom stereocenters. The van der Waals surface area contributed by atoms with Crippen molar-refractivity contribution in [1.29, 1.82) is 5.26 Å². The number of methoxy groups -OCH3 is 1. The number of hydrogen-bond acceptors (Lipinski definition) is 4. The summed E-state index contributed by atoms with van der Waals surface area (Å²) in [5.74, 6) is -0.0611. The Morgan fingerprint density at radius 2 is 2.04 bits per heavy atom. The maximum Gasteiger partial charge on any atom is 0.310 e. The summed E-state index contributed by atoms with van der Waals surface area (Å²) in [6.07, 6.45) is 2.87. The lowest BCUT2D eigenvalue weighted by Gasteiger charge is -2.34. The zero-order valence-corrected chi connectivity index (χ0v) is 14.6. The smallest absolute Gasteiger partial charge is 0.310 e. The van der Waals surface area contributed by atoms with Gasteiger partial charge in [0.05, 0.1) is 31.1 Å². The van der Waals surface area contributed by atoms with Crippen LogP contribution in [-0.2, 0) is 14.9 Å². The quantitative estimate of drug-likeness (QED) is 0.639. The second-order valence-electron chi connectivity index (χ2n) is 5.66. The van der Waals surface area contributed by atoms with Crippen molar-refractivity contribution in [2.24, 2.45) is 5.92 Å². The minimum Gasteiger partial charge on any atom is -0.497 e. The van der Waals surface area contributed by atoms with Gasteiger partial charge in [0.2, 0.25) is 0 Å². The zero-order valence-electron chi connectivity index (χ0n) is 14.6. The molecule has 1 aromatic rings. The van der Waals surface area contributed by atoms with Crippen molar-refractivity contribution in [2.75, 3.05) is 13.7 Å². The van der Waals surface area contributed by atoms with E-state index in [1.807, 2.05) is 38.1 Å². The number of carbonyl (C=O) groups is 1. The Kier molecular flexibility index (Phi) is 7.61. The van der Waals surface area contributed by atoms with Crippen LogP contribution in [0.25, 0.3) is 0 Å². The third-order valence-electron chi connectivity index (χ3n) is 4.17. The van der Waals surface area contributed by atoms with Crippen molar-refractivity contribution >= 4 is 5.97 Å². The van der Waals surface area contributed by atoms with Gasteiger partial charge in [0, 0.05) is 0 Å². The molecule has 0 fully saturated rings. The average molecular weight is 317 g/mol. The monoisotopic (exact) mass is 317 g/mol. The van der Waals surface area contributed by atoms with Crippen LogP contribution in [0.1, 0.15) is 52.0 Å². The summed E-state index contributed by atoms with van der Waals surface area (Å²) >= 11 is 0. The van der Waals surface area contributed by atoms with Gasteiger partial charge in [-0.2, -0.15) is 5.26 Å². The molecule has 1 aromatic carbocycles. The normalized spacial score (nSPS) is 14.4. The van der Waals surface area contributed by atoms with Gasteiger partial charge in [-0.25, -0.2) is 0 Å². The fraction of sp³-hybridized carbons (Fsp3) is 0.579. The molecular weight excluding hydrogens is 290 g/mol. The lowest BCUT2D eigenvalue weighted by Crippen LogP contribution is -2.40. The van der Waals surface area contributed by atoms with E-state index in [0.29, 0.717) is 25.2 Å². The highest BCUT2D eigenvalue weighted by Crippen LogP contribution is 2.41. The molecule has 0 aliphatic rings. The predicted octanol–water partition coefficient (Wildman–Crippen LogP) is 4.24. The first-order valence-corrected chi connectivity index (χ1v) is 8.31. The van der Waals surface area contributed by atoms with Crippen molar-refractivity contribution in [1.82, 2.24) is 0 Å². The Labute approximate surface area is 139 Å². The van der Waals surface area contributed by atoms with Crippen LogP contribution in [0.4, 0.5) is 0 Å². The Hall–Kier alpha value is -2.02. The zero-order chi connectivity index (χ0) is 17.3. The molecule has 4 heteroatoms. The SMILES string of the molecule is CCC[C@H](C(=O)OCC)[C@@](C#N)(CCC)c1cccc(OC)c1. The maximum absolute atomic E-state index is 12.5. The van der Waals surface area contributed by atoms with Crippen molar-refractivity contribution in [3.8, 4) is 11.8 Å². The van der Waals surface area contributed by atoms with Crippen LogP contribution in [0.5, 0.6) is 5.75 Å². The van der Waals surface area contributed by atoms with Crippen molar-refractivity contribution in [2.45, 2.75) is 51.9 Å². The number of nitriles is 1. The van der Waals surface area contributed by atoms with Gasteiger partial charge >= 0.3 is 5.97 Å². The first-order valence-electron chi connectivity index (χ1n) is 8.31. The summed E-state index contributed by atoms with van der Waals surface area (Å²) in [5, 5.41) is 10.0. The predicted molar refractivity (Wildman–Crippen MR) is 90.2 cm³/mol. The van der Waals surface area contributed by atoms with Crippen LogP contribution in [0.2, 0.25) is 0 Å². The van der Waals surface area contributed by atoms with Gasteiger partial charge in [-0.1, -0.05) is 38.8 Å². The van der Waals surface area contributed by atoms with Crippen LogP contribution in [0, 0.1) is 17.2 Å². The van der Waals surface area contributed by atoms with Crippen molar-refractivity contribution in [3.63, 3.8) is 0 Å². The van der Waals surface area contributed by atoms with E-state index < -0.39 is 11.3 Å². The number of hydrogen-bond donors (Lipinski definition) is 0. The lowest BCUT2D eigenvalue weighted by molar-refractivity contribution is -0.150. The number of benzene rings is 1. The summed E-state index contributed by atoms with van der Waals surface area (Å²) in [7, 11) is 1.60. The lowest BCUT2D eigenvalue weighted by atomic mass is 9.67. The molecule has 0 radical (unpaired) electrons. The fourth-order valence-corrected chi connectivity index (χ4v) is 3.11. The molecule has 0 saturated carbocycles. The Morgan fingerprint density at radius 1 is 1.30 bits per heavy atom. The molecular formula is C19H27NO3. The van der Waals surface area contributed by atoms with Crippen LogP contribution in [0.3, 0.4) is 0 Å². The van der Waals surface area contributed by atoms with Gasteiger partial charge in [-0.15, -0.1) is 0 Å². The van der Waals surface area contributed by atoms with Gasteiger partial charge in [0.1, 0.15) is 5.75 Å². The summed E-state index contributed by atoms with van der Waals surface area (Å²) in [4.78, 5) is 12.5. The highest BCUT2D eigenvalue weighted by atomic mass is 16.5. The maximum atomic E-state index is 12.5. The highest BCUT2D eigenvalue weighted by molar-refractivity contribution is 5.76. The van der Waals surface area contributed by atoms with E-state index in [0.717, 1.165) is 18.4 Å². The molecule has 0 unspecified atom stereocenters. The van der Waals surface area contributed by atoms with Gasteiger partial charge in [0.25, 0.3) is 0 Å². The van der Waals surface area contributed by atoms with Gasteiger partial charge in [-0.3, -0.25) is 4.79 Å². The van der Waals surface area contributed by atoms with E-state index >= 15 is 0 Å².